The molecule has 4 nitrogen and oxygen atoms in total. The normalized spacial score (nSPS) is 12.0. The second-order valence-electron chi connectivity index (χ2n) is 3.42. The van der Waals surface area contributed by atoms with Crippen molar-refractivity contribution in [1.29, 1.82) is 0 Å². The van der Waals surface area contributed by atoms with E-state index in [2.05, 4.69) is 5.10 Å². The molecule has 0 fully saturated rings. The molecule has 2 heterocycles. The third kappa shape index (κ3) is 2.68. The van der Waals surface area contributed by atoms with Gasteiger partial charge in [0.25, 0.3) is 0 Å². The first kappa shape index (κ1) is 11.7. The van der Waals surface area contributed by atoms with Crippen molar-refractivity contribution in [2.75, 3.05) is 0 Å². The van der Waals surface area contributed by atoms with Gasteiger partial charge in [-0.05, 0) is 18.2 Å². The highest BCUT2D eigenvalue weighted by molar-refractivity contribution is 5.08. The molecule has 0 aliphatic rings. The Bertz CT molecular complexity index is 502. The Morgan fingerprint density at radius 1 is 1.24 bits per heavy atom. The first-order chi connectivity index (χ1) is 7.99. The van der Waals surface area contributed by atoms with Crippen LogP contribution in [0.25, 0.3) is 0 Å². The van der Waals surface area contributed by atoms with Gasteiger partial charge in [0.2, 0.25) is 0 Å². The molecule has 2 aromatic rings. The number of hydrogen-bond acceptors (Lipinski definition) is 3. The van der Waals surface area contributed by atoms with Crippen LogP contribution in [0.15, 0.2) is 28.8 Å². The maximum Gasteiger partial charge on any atom is 0.435 e. The minimum absolute atomic E-state index is 0.0933. The number of halogens is 3. The third-order valence-electron chi connectivity index (χ3n) is 2.12. The second kappa shape index (κ2) is 4.25. The van der Waals surface area contributed by atoms with Gasteiger partial charge < -0.3 is 9.52 Å². The highest BCUT2D eigenvalue weighted by Crippen LogP contribution is 2.27. The van der Waals surface area contributed by atoms with Crippen LogP contribution < -0.4 is 0 Å². The fraction of sp³-hybridized carbons (Fsp3) is 0.300. The molecule has 0 amide bonds. The number of hydrogen-bond donors (Lipinski definition) is 1. The van der Waals surface area contributed by atoms with Crippen LogP contribution in [0.4, 0.5) is 13.2 Å². The van der Waals surface area contributed by atoms with E-state index in [0.29, 0.717) is 11.5 Å². The molecule has 2 rings (SSSR count). The monoisotopic (exact) mass is 246 g/mol. The predicted molar refractivity (Wildman–Crippen MR) is 51.0 cm³/mol. The minimum atomic E-state index is -4.44. The molecule has 0 aliphatic carbocycles. The van der Waals surface area contributed by atoms with Crippen LogP contribution in [0.5, 0.6) is 0 Å². The molecule has 0 spiro atoms. The lowest BCUT2D eigenvalue weighted by Crippen LogP contribution is -2.08. The van der Waals surface area contributed by atoms with Crippen molar-refractivity contribution in [3.8, 4) is 0 Å². The van der Waals surface area contributed by atoms with Crippen molar-refractivity contribution < 1.29 is 22.7 Å². The smallest absolute Gasteiger partial charge is 0.435 e. The van der Waals surface area contributed by atoms with Crippen LogP contribution in [0, 0.1) is 0 Å². The first-order valence-electron chi connectivity index (χ1n) is 4.78. The molecule has 0 aliphatic heterocycles. The molecule has 0 saturated carbocycles. The molecule has 92 valence electrons. The quantitative estimate of drug-likeness (QED) is 0.901. The van der Waals surface area contributed by atoms with Crippen molar-refractivity contribution in [2.24, 2.45) is 0 Å². The average Bonchev–Trinajstić information content (AvgIpc) is 2.86. The van der Waals surface area contributed by atoms with Crippen LogP contribution in [0.1, 0.15) is 17.2 Å². The fourth-order valence-electron chi connectivity index (χ4n) is 1.35. The van der Waals surface area contributed by atoms with E-state index in [0.717, 1.165) is 10.7 Å². The molecular weight excluding hydrogens is 237 g/mol. The van der Waals surface area contributed by atoms with E-state index in [-0.39, 0.29) is 13.2 Å². The second-order valence-corrected chi connectivity index (χ2v) is 3.42. The summed E-state index contributed by atoms with van der Waals surface area (Å²) in [5, 5.41) is 12.1. The van der Waals surface area contributed by atoms with Crippen LogP contribution in [-0.4, -0.2) is 14.9 Å². The summed E-state index contributed by atoms with van der Waals surface area (Å²) in [6.07, 6.45) is -3.21. The summed E-state index contributed by atoms with van der Waals surface area (Å²) in [4.78, 5) is 0. The van der Waals surface area contributed by atoms with Crippen molar-refractivity contribution in [2.45, 2.75) is 19.3 Å². The summed E-state index contributed by atoms with van der Waals surface area (Å²) in [7, 11) is 0. The summed E-state index contributed by atoms with van der Waals surface area (Å²) in [5.41, 5.74) is -0.938. The van der Waals surface area contributed by atoms with E-state index in [1.165, 1.54) is 6.20 Å². The lowest BCUT2D eigenvalue weighted by molar-refractivity contribution is -0.141. The van der Waals surface area contributed by atoms with Crippen LogP contribution in [0.2, 0.25) is 0 Å². The van der Waals surface area contributed by atoms with Gasteiger partial charge in [-0.15, -0.1) is 0 Å². The standard InChI is InChI=1S/C10H9F3N2O2/c11-10(12,13)9-3-4-15(14-9)5-7-1-2-8(6-16)17-7/h1-4,16H,5-6H2. The molecule has 1 N–H and O–H groups in total. The van der Waals surface area contributed by atoms with E-state index in [1.54, 1.807) is 12.1 Å². The van der Waals surface area contributed by atoms with E-state index >= 15 is 0 Å². The summed E-state index contributed by atoms with van der Waals surface area (Å²) >= 11 is 0. The van der Waals surface area contributed by atoms with Gasteiger partial charge in [0, 0.05) is 6.20 Å². The maximum atomic E-state index is 12.3. The van der Waals surface area contributed by atoms with Crippen LogP contribution in [0.3, 0.4) is 0 Å². The van der Waals surface area contributed by atoms with Gasteiger partial charge in [-0.25, -0.2) is 0 Å². The van der Waals surface area contributed by atoms with Gasteiger partial charge in [0.15, 0.2) is 5.69 Å². The van der Waals surface area contributed by atoms with Gasteiger partial charge >= 0.3 is 6.18 Å². The Morgan fingerprint density at radius 2 is 1.94 bits per heavy atom. The molecule has 0 atom stereocenters. The third-order valence-corrected chi connectivity index (χ3v) is 2.12. The molecule has 17 heavy (non-hydrogen) atoms. The van der Waals surface area contributed by atoms with Gasteiger partial charge in [0.05, 0.1) is 6.54 Å². The number of aromatic nitrogens is 2. The number of rotatable bonds is 3. The van der Waals surface area contributed by atoms with E-state index in [9.17, 15) is 13.2 Å². The molecular formula is C10H9F3N2O2. The Hall–Kier alpha value is -1.76. The Labute approximate surface area is 94.3 Å². The molecule has 0 bridgehead atoms. The number of nitrogens with zero attached hydrogens (tertiary/aromatic N) is 2. The molecule has 0 unspecified atom stereocenters. The first-order valence-corrected chi connectivity index (χ1v) is 4.78. The molecule has 0 saturated heterocycles. The zero-order chi connectivity index (χ0) is 12.5. The minimum Gasteiger partial charge on any atom is -0.462 e. The van der Waals surface area contributed by atoms with Gasteiger partial charge in [-0.2, -0.15) is 18.3 Å². The van der Waals surface area contributed by atoms with Crippen molar-refractivity contribution in [1.82, 2.24) is 9.78 Å². The van der Waals surface area contributed by atoms with Gasteiger partial charge in [-0.1, -0.05) is 0 Å². The van der Waals surface area contributed by atoms with E-state index in [1.807, 2.05) is 0 Å². The molecule has 7 heteroatoms. The van der Waals surface area contributed by atoms with Crippen LogP contribution >= 0.6 is 0 Å². The van der Waals surface area contributed by atoms with Gasteiger partial charge in [0.1, 0.15) is 18.1 Å². The van der Waals surface area contributed by atoms with Crippen molar-refractivity contribution >= 4 is 0 Å². The fourth-order valence-corrected chi connectivity index (χ4v) is 1.35. The summed E-state index contributed by atoms with van der Waals surface area (Å²) in [5.74, 6) is 0.800. The molecule has 0 radical (unpaired) electrons. The Morgan fingerprint density at radius 3 is 2.47 bits per heavy atom. The lowest BCUT2D eigenvalue weighted by Gasteiger charge is -2.01. The number of aliphatic hydroxyl groups excluding tert-OH is 1. The predicted octanol–water partition coefficient (Wildman–Crippen LogP) is 2.04. The molecule has 0 aromatic carbocycles. The van der Waals surface area contributed by atoms with E-state index < -0.39 is 11.9 Å². The number of alkyl halides is 3. The Kier molecular flexibility index (Phi) is 2.93. The zero-order valence-electron chi connectivity index (χ0n) is 8.61. The topological polar surface area (TPSA) is 51.2 Å². The highest BCUT2D eigenvalue weighted by Gasteiger charge is 2.33. The Balaban J connectivity index is 2.11. The van der Waals surface area contributed by atoms with Gasteiger partial charge in [-0.3, -0.25) is 4.68 Å². The summed E-state index contributed by atoms with van der Waals surface area (Å²) < 4.78 is 43.1. The number of furan rings is 1. The maximum absolute atomic E-state index is 12.3. The largest absolute Gasteiger partial charge is 0.462 e. The van der Waals surface area contributed by atoms with E-state index in [4.69, 9.17) is 9.52 Å². The average molecular weight is 246 g/mol. The SMILES string of the molecule is OCc1ccc(Cn2ccc(C(F)(F)F)n2)o1. The number of aliphatic hydroxyl groups is 1. The zero-order valence-corrected chi connectivity index (χ0v) is 8.61. The van der Waals surface area contributed by atoms with Crippen molar-refractivity contribution in [3.05, 3.63) is 41.6 Å². The summed E-state index contributed by atoms with van der Waals surface area (Å²) in [6, 6.07) is 4.04. The highest BCUT2D eigenvalue weighted by atomic mass is 19.4. The van der Waals surface area contributed by atoms with Crippen LogP contribution in [-0.2, 0) is 19.3 Å². The summed E-state index contributed by atoms with van der Waals surface area (Å²) in [6.45, 7) is -0.150. The van der Waals surface area contributed by atoms with Crippen molar-refractivity contribution in [3.63, 3.8) is 0 Å². The lowest BCUT2D eigenvalue weighted by atomic mass is 10.4. The molecule has 2 aromatic heterocycles.